The lowest BCUT2D eigenvalue weighted by atomic mass is 10.1. The second-order valence-corrected chi connectivity index (χ2v) is 3.66. The van der Waals surface area contributed by atoms with Crippen molar-refractivity contribution in [3.63, 3.8) is 0 Å². The first-order valence-electron chi connectivity index (χ1n) is 5.14. The third-order valence-corrected chi connectivity index (χ3v) is 2.50. The first kappa shape index (κ1) is 11.6. The molecule has 0 amide bonds. The molecule has 0 aliphatic carbocycles. The molecule has 0 fully saturated rings. The summed E-state index contributed by atoms with van der Waals surface area (Å²) >= 11 is 0. The number of ether oxygens (including phenoxy) is 1. The zero-order valence-corrected chi connectivity index (χ0v) is 8.82. The topological polar surface area (TPSA) is 70.3 Å². The highest BCUT2D eigenvalue weighted by molar-refractivity contribution is 5.90. The standard InChI is InChI=1S/C11H15NO3/c1-8-10(13)9(15-11(8)14)6-4-2-3-5-7-12/h9,13H,2-6H2,1H3. The monoisotopic (exact) mass is 209 g/mol. The zero-order chi connectivity index (χ0) is 11.3. The number of aliphatic hydroxyl groups is 1. The Kier molecular flexibility index (Phi) is 4.17. The first-order valence-corrected chi connectivity index (χ1v) is 5.14. The van der Waals surface area contributed by atoms with Gasteiger partial charge in [-0.2, -0.15) is 5.26 Å². The molecule has 0 spiro atoms. The molecule has 1 heterocycles. The number of rotatable bonds is 5. The van der Waals surface area contributed by atoms with Gasteiger partial charge in [0.05, 0.1) is 11.6 Å². The molecule has 1 N–H and O–H groups in total. The summed E-state index contributed by atoms with van der Waals surface area (Å²) in [5.74, 6) is -0.352. The highest BCUT2D eigenvalue weighted by Gasteiger charge is 2.30. The maximum atomic E-state index is 11.0. The second kappa shape index (κ2) is 5.40. The van der Waals surface area contributed by atoms with Crippen LogP contribution in [-0.4, -0.2) is 17.2 Å². The molecule has 0 radical (unpaired) electrons. The van der Waals surface area contributed by atoms with E-state index in [9.17, 15) is 9.90 Å². The van der Waals surface area contributed by atoms with Crippen LogP contribution in [0.1, 0.15) is 39.0 Å². The van der Waals surface area contributed by atoms with Gasteiger partial charge in [-0.15, -0.1) is 0 Å². The summed E-state index contributed by atoms with van der Waals surface area (Å²) in [4.78, 5) is 11.0. The molecular weight excluding hydrogens is 194 g/mol. The van der Waals surface area contributed by atoms with Crippen LogP contribution in [0.5, 0.6) is 0 Å². The zero-order valence-electron chi connectivity index (χ0n) is 8.82. The summed E-state index contributed by atoms with van der Waals surface area (Å²) in [7, 11) is 0. The minimum Gasteiger partial charge on any atom is -0.508 e. The van der Waals surface area contributed by atoms with Gasteiger partial charge in [0.15, 0.2) is 6.10 Å². The largest absolute Gasteiger partial charge is 0.508 e. The molecule has 0 aromatic heterocycles. The number of unbranched alkanes of at least 4 members (excludes halogenated alkanes) is 3. The normalized spacial score (nSPS) is 20.3. The lowest BCUT2D eigenvalue weighted by Crippen LogP contribution is -2.11. The van der Waals surface area contributed by atoms with E-state index in [2.05, 4.69) is 6.07 Å². The van der Waals surface area contributed by atoms with E-state index in [1.165, 1.54) is 0 Å². The molecule has 0 aromatic carbocycles. The van der Waals surface area contributed by atoms with Gasteiger partial charge in [-0.1, -0.05) is 6.42 Å². The van der Waals surface area contributed by atoms with Crippen LogP contribution in [0.25, 0.3) is 0 Å². The average Bonchev–Trinajstić information content (AvgIpc) is 2.46. The number of nitriles is 1. The van der Waals surface area contributed by atoms with Crippen molar-refractivity contribution in [1.29, 1.82) is 5.26 Å². The van der Waals surface area contributed by atoms with Crippen LogP contribution in [0.15, 0.2) is 11.3 Å². The molecule has 0 saturated heterocycles. The molecule has 15 heavy (non-hydrogen) atoms. The molecule has 0 aromatic rings. The predicted octanol–water partition coefficient (Wildman–Crippen LogP) is 2.22. The molecule has 1 aliphatic rings. The Bertz CT molecular complexity index is 314. The van der Waals surface area contributed by atoms with Crippen molar-refractivity contribution < 1.29 is 14.6 Å². The molecule has 4 nitrogen and oxygen atoms in total. The summed E-state index contributed by atoms with van der Waals surface area (Å²) < 4.78 is 4.96. The maximum Gasteiger partial charge on any atom is 0.337 e. The van der Waals surface area contributed by atoms with E-state index >= 15 is 0 Å². The predicted molar refractivity (Wildman–Crippen MR) is 53.9 cm³/mol. The van der Waals surface area contributed by atoms with Gasteiger partial charge in [-0.05, 0) is 26.2 Å². The van der Waals surface area contributed by atoms with Crippen molar-refractivity contribution in [2.24, 2.45) is 0 Å². The summed E-state index contributed by atoms with van der Waals surface area (Å²) in [5, 5.41) is 17.8. The number of nitrogens with zero attached hydrogens (tertiary/aromatic N) is 1. The molecule has 0 saturated carbocycles. The average molecular weight is 209 g/mol. The van der Waals surface area contributed by atoms with Crippen LogP contribution in [0.2, 0.25) is 0 Å². The molecule has 1 atom stereocenters. The minimum absolute atomic E-state index is 0.0697. The van der Waals surface area contributed by atoms with Crippen LogP contribution in [0.4, 0.5) is 0 Å². The molecule has 1 unspecified atom stereocenters. The Labute approximate surface area is 89.2 Å². The van der Waals surface area contributed by atoms with Crippen LogP contribution in [-0.2, 0) is 9.53 Å². The second-order valence-electron chi connectivity index (χ2n) is 3.66. The Balaban J connectivity index is 2.24. The van der Waals surface area contributed by atoms with Gasteiger partial charge in [-0.3, -0.25) is 0 Å². The van der Waals surface area contributed by atoms with Crippen molar-refractivity contribution in [1.82, 2.24) is 0 Å². The van der Waals surface area contributed by atoms with E-state index in [0.717, 1.165) is 19.3 Å². The van der Waals surface area contributed by atoms with Gasteiger partial charge < -0.3 is 9.84 Å². The van der Waals surface area contributed by atoms with Gasteiger partial charge in [0.25, 0.3) is 0 Å². The van der Waals surface area contributed by atoms with E-state index in [0.29, 0.717) is 18.4 Å². The van der Waals surface area contributed by atoms with Crippen LogP contribution in [0, 0.1) is 11.3 Å². The Hall–Kier alpha value is -1.50. The number of cyclic esters (lactones) is 1. The first-order chi connectivity index (χ1) is 7.16. The number of carbonyl (C=O) groups is 1. The number of hydrogen-bond acceptors (Lipinski definition) is 4. The van der Waals surface area contributed by atoms with Gasteiger partial charge in [0.1, 0.15) is 5.76 Å². The van der Waals surface area contributed by atoms with Gasteiger partial charge >= 0.3 is 5.97 Å². The summed E-state index contributed by atoms with van der Waals surface area (Å²) in [6.07, 6.45) is 3.39. The van der Waals surface area contributed by atoms with Crippen molar-refractivity contribution in [2.45, 2.75) is 45.1 Å². The smallest absolute Gasteiger partial charge is 0.337 e. The van der Waals surface area contributed by atoms with Gasteiger partial charge in [-0.25, -0.2) is 4.79 Å². The Morgan fingerprint density at radius 2 is 2.20 bits per heavy atom. The van der Waals surface area contributed by atoms with E-state index in [4.69, 9.17) is 10.00 Å². The number of hydrogen-bond donors (Lipinski definition) is 1. The van der Waals surface area contributed by atoms with Crippen molar-refractivity contribution in [2.75, 3.05) is 0 Å². The quantitative estimate of drug-likeness (QED) is 0.556. The van der Waals surface area contributed by atoms with E-state index < -0.39 is 12.1 Å². The Morgan fingerprint density at radius 1 is 1.47 bits per heavy atom. The number of aliphatic hydroxyl groups excluding tert-OH is 1. The van der Waals surface area contributed by atoms with Crippen molar-refractivity contribution >= 4 is 5.97 Å². The van der Waals surface area contributed by atoms with E-state index in [1.54, 1.807) is 6.92 Å². The van der Waals surface area contributed by atoms with E-state index in [1.807, 2.05) is 0 Å². The van der Waals surface area contributed by atoms with Gasteiger partial charge in [0, 0.05) is 6.42 Å². The SMILES string of the molecule is CC1=C(O)C(CCCCCC#N)OC1=O. The fraction of sp³-hybridized carbons (Fsp3) is 0.636. The highest BCUT2D eigenvalue weighted by Crippen LogP contribution is 2.24. The summed E-state index contributed by atoms with van der Waals surface area (Å²) in [5.41, 5.74) is 0.317. The maximum absolute atomic E-state index is 11.0. The molecule has 1 rings (SSSR count). The lowest BCUT2D eigenvalue weighted by molar-refractivity contribution is -0.140. The summed E-state index contributed by atoms with van der Waals surface area (Å²) in [6.45, 7) is 1.56. The van der Waals surface area contributed by atoms with Crippen LogP contribution in [0.3, 0.4) is 0 Å². The highest BCUT2D eigenvalue weighted by atomic mass is 16.6. The molecule has 4 heteroatoms. The lowest BCUT2D eigenvalue weighted by Gasteiger charge is -2.09. The number of esters is 1. The van der Waals surface area contributed by atoms with E-state index in [-0.39, 0.29) is 5.76 Å². The fourth-order valence-corrected chi connectivity index (χ4v) is 1.53. The molecular formula is C11H15NO3. The fourth-order valence-electron chi connectivity index (χ4n) is 1.53. The molecule has 82 valence electrons. The minimum atomic E-state index is -0.459. The number of carbonyl (C=O) groups excluding carboxylic acids is 1. The third-order valence-electron chi connectivity index (χ3n) is 2.50. The van der Waals surface area contributed by atoms with Crippen LogP contribution < -0.4 is 0 Å². The summed E-state index contributed by atoms with van der Waals surface area (Å²) in [6, 6.07) is 2.07. The molecule has 0 bridgehead atoms. The van der Waals surface area contributed by atoms with Gasteiger partial charge in [0.2, 0.25) is 0 Å². The molecule has 1 aliphatic heterocycles. The van der Waals surface area contributed by atoms with Crippen molar-refractivity contribution in [3.8, 4) is 6.07 Å². The van der Waals surface area contributed by atoms with Crippen molar-refractivity contribution in [3.05, 3.63) is 11.3 Å². The third kappa shape index (κ3) is 2.98. The Morgan fingerprint density at radius 3 is 2.73 bits per heavy atom. The van der Waals surface area contributed by atoms with Crippen LogP contribution >= 0.6 is 0 Å².